The molecule has 1 aliphatic heterocycles. The lowest BCUT2D eigenvalue weighted by atomic mass is 9.97. The second-order valence-electron chi connectivity index (χ2n) is 4.29. The molecule has 1 aromatic heterocycles. The van der Waals surface area contributed by atoms with Gasteiger partial charge in [-0.1, -0.05) is 16.8 Å². The van der Waals surface area contributed by atoms with Crippen molar-refractivity contribution in [2.75, 3.05) is 6.61 Å². The fourth-order valence-corrected chi connectivity index (χ4v) is 2.04. The van der Waals surface area contributed by atoms with Gasteiger partial charge in [-0.2, -0.15) is 5.10 Å². The molecule has 5 nitrogen and oxygen atoms in total. The molecule has 0 bridgehead atoms. The van der Waals surface area contributed by atoms with Crippen molar-refractivity contribution in [2.24, 2.45) is 12.2 Å². The fraction of sp³-hybridized carbons (Fsp3) is 0.600. The minimum Gasteiger partial charge on any atom is -0.392 e. The molecule has 1 aliphatic rings. The number of aromatic nitrogens is 2. The second kappa shape index (κ2) is 3.75. The number of hydrogen-bond acceptors (Lipinski definition) is 4. The van der Waals surface area contributed by atoms with E-state index in [0.29, 0.717) is 11.6 Å². The van der Waals surface area contributed by atoms with E-state index in [9.17, 15) is 5.11 Å². The Kier molecular flexibility index (Phi) is 2.67. The van der Waals surface area contributed by atoms with Crippen molar-refractivity contribution in [1.29, 1.82) is 0 Å². The highest BCUT2D eigenvalue weighted by molar-refractivity contribution is 6.33. The summed E-state index contributed by atoms with van der Waals surface area (Å²) in [4.78, 5) is 5.22. The van der Waals surface area contributed by atoms with Crippen LogP contribution in [0.3, 0.4) is 0 Å². The number of aliphatic hydroxyl groups excluding tert-OH is 1. The summed E-state index contributed by atoms with van der Waals surface area (Å²) in [7, 11) is 1.78. The summed E-state index contributed by atoms with van der Waals surface area (Å²) in [5.74, 6) is 0. The molecule has 0 aromatic carbocycles. The van der Waals surface area contributed by atoms with E-state index in [1.54, 1.807) is 11.7 Å². The zero-order chi connectivity index (χ0) is 11.9. The zero-order valence-electron chi connectivity index (χ0n) is 9.49. The van der Waals surface area contributed by atoms with Gasteiger partial charge >= 0.3 is 0 Å². The monoisotopic (exact) mass is 243 g/mol. The van der Waals surface area contributed by atoms with E-state index in [-0.39, 0.29) is 6.61 Å². The first-order valence-corrected chi connectivity index (χ1v) is 5.40. The van der Waals surface area contributed by atoms with Crippen LogP contribution in [0.25, 0.3) is 0 Å². The first-order chi connectivity index (χ1) is 7.47. The lowest BCUT2D eigenvalue weighted by Crippen LogP contribution is -2.29. The summed E-state index contributed by atoms with van der Waals surface area (Å²) in [5, 5.41) is 17.9. The Morgan fingerprint density at radius 1 is 1.62 bits per heavy atom. The number of hydrogen-bond donors (Lipinski definition) is 1. The molecule has 1 unspecified atom stereocenters. The molecule has 1 N–H and O–H groups in total. The van der Waals surface area contributed by atoms with Crippen molar-refractivity contribution < 1.29 is 9.94 Å². The van der Waals surface area contributed by atoms with Crippen LogP contribution in [0.4, 0.5) is 0 Å². The van der Waals surface area contributed by atoms with Crippen molar-refractivity contribution in [1.82, 2.24) is 9.78 Å². The van der Waals surface area contributed by atoms with Crippen molar-refractivity contribution in [3.05, 3.63) is 16.4 Å². The minimum absolute atomic E-state index is 0.0725. The van der Waals surface area contributed by atoms with Crippen LogP contribution in [-0.4, -0.2) is 32.8 Å². The predicted octanol–water partition coefficient (Wildman–Crippen LogP) is 1.26. The van der Waals surface area contributed by atoms with Gasteiger partial charge in [0.05, 0.1) is 23.6 Å². The van der Waals surface area contributed by atoms with Gasteiger partial charge in [-0.15, -0.1) is 0 Å². The number of aliphatic hydroxyl groups is 1. The number of oxime groups is 1. The van der Waals surface area contributed by atoms with E-state index in [1.807, 2.05) is 13.8 Å². The molecular weight excluding hydrogens is 230 g/mol. The van der Waals surface area contributed by atoms with Gasteiger partial charge in [0.15, 0.2) is 5.60 Å². The zero-order valence-corrected chi connectivity index (χ0v) is 10.2. The Labute approximate surface area is 98.6 Å². The van der Waals surface area contributed by atoms with Gasteiger partial charge in [0.1, 0.15) is 5.15 Å². The molecule has 0 aliphatic carbocycles. The Bertz CT molecular complexity index is 455. The Morgan fingerprint density at radius 3 is 2.75 bits per heavy atom. The number of halogens is 1. The van der Waals surface area contributed by atoms with Gasteiger partial charge in [-0.3, -0.25) is 4.68 Å². The third-order valence-corrected chi connectivity index (χ3v) is 3.13. The summed E-state index contributed by atoms with van der Waals surface area (Å²) in [5.41, 5.74) is 1.73. The molecule has 1 aromatic rings. The van der Waals surface area contributed by atoms with Crippen molar-refractivity contribution >= 4 is 17.3 Å². The van der Waals surface area contributed by atoms with Gasteiger partial charge in [-0.25, -0.2) is 0 Å². The van der Waals surface area contributed by atoms with Gasteiger partial charge in [0.25, 0.3) is 0 Å². The Hall–Kier alpha value is -1.07. The molecule has 0 radical (unpaired) electrons. The molecule has 0 saturated carbocycles. The van der Waals surface area contributed by atoms with Crippen LogP contribution in [0.1, 0.15) is 24.6 Å². The fourth-order valence-electron chi connectivity index (χ4n) is 1.76. The highest BCUT2D eigenvalue weighted by atomic mass is 35.5. The second-order valence-corrected chi connectivity index (χ2v) is 4.65. The molecule has 16 heavy (non-hydrogen) atoms. The van der Waals surface area contributed by atoms with Gasteiger partial charge in [0, 0.05) is 13.5 Å². The average Bonchev–Trinajstić information content (AvgIpc) is 2.71. The molecule has 6 heteroatoms. The van der Waals surface area contributed by atoms with E-state index < -0.39 is 5.60 Å². The number of rotatable bonds is 2. The summed E-state index contributed by atoms with van der Waals surface area (Å²) < 4.78 is 1.60. The van der Waals surface area contributed by atoms with Gasteiger partial charge < -0.3 is 9.94 Å². The summed E-state index contributed by atoms with van der Waals surface area (Å²) in [6.45, 7) is 3.61. The van der Waals surface area contributed by atoms with Crippen LogP contribution in [0.5, 0.6) is 0 Å². The molecule has 0 fully saturated rings. The maximum Gasteiger partial charge on any atom is 0.163 e. The molecule has 0 saturated heterocycles. The third-order valence-electron chi connectivity index (χ3n) is 2.69. The minimum atomic E-state index is -0.638. The van der Waals surface area contributed by atoms with E-state index in [4.69, 9.17) is 16.4 Å². The Balaban J connectivity index is 2.34. The van der Waals surface area contributed by atoms with Crippen LogP contribution >= 0.6 is 11.6 Å². The quantitative estimate of drug-likeness (QED) is 0.851. The standard InChI is InChI=1S/C10H14ClN3O2/c1-6-8(9(11)14(3)12-6)7-4-10(2,5-15)16-13-7/h15H,4-5H2,1-3H3. The lowest BCUT2D eigenvalue weighted by Gasteiger charge is -2.17. The Morgan fingerprint density at radius 2 is 2.31 bits per heavy atom. The van der Waals surface area contributed by atoms with E-state index in [1.165, 1.54) is 0 Å². The maximum atomic E-state index is 9.18. The smallest absolute Gasteiger partial charge is 0.163 e. The topological polar surface area (TPSA) is 59.6 Å². The van der Waals surface area contributed by atoms with Crippen molar-refractivity contribution in [3.8, 4) is 0 Å². The van der Waals surface area contributed by atoms with E-state index in [2.05, 4.69) is 10.3 Å². The van der Waals surface area contributed by atoms with Crippen molar-refractivity contribution in [2.45, 2.75) is 25.9 Å². The predicted molar refractivity (Wildman–Crippen MR) is 60.7 cm³/mol. The highest BCUT2D eigenvalue weighted by Crippen LogP contribution is 2.30. The normalized spacial score (nSPS) is 24.4. The van der Waals surface area contributed by atoms with Crippen LogP contribution in [0, 0.1) is 6.92 Å². The molecule has 2 rings (SSSR count). The summed E-state index contributed by atoms with van der Waals surface area (Å²) >= 11 is 6.13. The first-order valence-electron chi connectivity index (χ1n) is 5.02. The van der Waals surface area contributed by atoms with Crippen molar-refractivity contribution in [3.63, 3.8) is 0 Å². The average molecular weight is 244 g/mol. The molecular formula is C10H14ClN3O2. The number of aryl methyl sites for hydroxylation is 2. The van der Waals surface area contributed by atoms with E-state index >= 15 is 0 Å². The van der Waals surface area contributed by atoms with Crippen LogP contribution < -0.4 is 0 Å². The van der Waals surface area contributed by atoms with E-state index in [0.717, 1.165) is 17.0 Å². The maximum absolute atomic E-state index is 9.18. The first kappa shape index (κ1) is 11.4. The summed E-state index contributed by atoms with van der Waals surface area (Å²) in [6.07, 6.45) is 0.537. The van der Waals surface area contributed by atoms with Gasteiger partial charge in [0.2, 0.25) is 0 Å². The summed E-state index contributed by atoms with van der Waals surface area (Å²) in [6, 6.07) is 0. The lowest BCUT2D eigenvalue weighted by molar-refractivity contribution is -0.0428. The molecule has 88 valence electrons. The van der Waals surface area contributed by atoms with Crippen LogP contribution in [0.15, 0.2) is 5.16 Å². The van der Waals surface area contributed by atoms with Crippen LogP contribution in [-0.2, 0) is 11.9 Å². The number of nitrogens with zero attached hydrogens (tertiary/aromatic N) is 3. The molecule has 2 heterocycles. The SMILES string of the molecule is Cc1nn(C)c(Cl)c1C1=NOC(C)(CO)C1. The van der Waals surface area contributed by atoms with Gasteiger partial charge in [-0.05, 0) is 13.8 Å². The molecule has 0 spiro atoms. The highest BCUT2D eigenvalue weighted by Gasteiger charge is 2.36. The molecule has 1 atom stereocenters. The third kappa shape index (κ3) is 1.70. The largest absolute Gasteiger partial charge is 0.392 e. The molecule has 0 amide bonds. The van der Waals surface area contributed by atoms with Crippen LogP contribution in [0.2, 0.25) is 5.15 Å².